The summed E-state index contributed by atoms with van der Waals surface area (Å²) in [5.41, 5.74) is -0.0128. The fraction of sp³-hybridized carbons (Fsp3) is 0.429. The number of nitrogens with one attached hydrogen (secondary N) is 1. The molecule has 0 saturated heterocycles. The Kier molecular flexibility index (Phi) is 3.83. The van der Waals surface area contributed by atoms with Crippen LogP contribution >= 0.6 is 0 Å². The molecule has 20 heavy (non-hydrogen) atoms. The molecule has 0 fully saturated rings. The predicted octanol–water partition coefficient (Wildman–Crippen LogP) is 0.617. The number of hydrogen-bond acceptors (Lipinski definition) is 4. The molecular weight excluding hydrogens is 256 g/mol. The minimum absolute atomic E-state index is 0.0128. The molecule has 2 heterocycles. The molecule has 1 aliphatic heterocycles. The van der Waals surface area contributed by atoms with Gasteiger partial charge >= 0.3 is 5.69 Å². The zero-order chi connectivity index (χ0) is 13.8. The molecule has 0 saturated carbocycles. The van der Waals surface area contributed by atoms with E-state index in [9.17, 15) is 4.79 Å². The molecule has 106 valence electrons. The van der Waals surface area contributed by atoms with Crippen LogP contribution in [0.15, 0.2) is 35.1 Å². The zero-order valence-electron chi connectivity index (χ0n) is 11.3. The van der Waals surface area contributed by atoms with Crippen molar-refractivity contribution in [1.29, 1.82) is 0 Å². The number of benzene rings is 1. The van der Waals surface area contributed by atoms with Crippen LogP contribution in [0, 0.1) is 0 Å². The number of aromatic nitrogens is 3. The second-order valence-electron chi connectivity index (χ2n) is 4.77. The van der Waals surface area contributed by atoms with E-state index in [0.717, 1.165) is 24.5 Å². The summed E-state index contributed by atoms with van der Waals surface area (Å²) < 4.78 is 8.89. The van der Waals surface area contributed by atoms with Crippen LogP contribution in [0.25, 0.3) is 0 Å². The maximum atomic E-state index is 12.1. The normalized spacial score (nSPS) is 14.0. The van der Waals surface area contributed by atoms with Crippen LogP contribution in [0.3, 0.4) is 0 Å². The van der Waals surface area contributed by atoms with E-state index in [1.807, 2.05) is 30.3 Å². The molecule has 0 radical (unpaired) electrons. The Balaban J connectivity index is 1.54. The summed E-state index contributed by atoms with van der Waals surface area (Å²) in [7, 11) is 0. The summed E-state index contributed by atoms with van der Waals surface area (Å²) in [6.07, 6.45) is 0.763. The van der Waals surface area contributed by atoms with Crippen LogP contribution in [0.5, 0.6) is 5.75 Å². The number of rotatable bonds is 5. The quantitative estimate of drug-likeness (QED) is 0.812. The second-order valence-corrected chi connectivity index (χ2v) is 4.77. The third-order valence-corrected chi connectivity index (χ3v) is 3.32. The van der Waals surface area contributed by atoms with Gasteiger partial charge in [-0.2, -0.15) is 5.10 Å². The molecule has 0 bridgehead atoms. The van der Waals surface area contributed by atoms with Gasteiger partial charge in [0.05, 0.1) is 13.2 Å². The maximum Gasteiger partial charge on any atom is 0.345 e. The van der Waals surface area contributed by atoms with E-state index in [1.54, 1.807) is 4.57 Å². The average Bonchev–Trinajstić information content (AvgIpc) is 2.82. The van der Waals surface area contributed by atoms with Gasteiger partial charge in [-0.3, -0.25) is 4.57 Å². The van der Waals surface area contributed by atoms with E-state index in [4.69, 9.17) is 4.74 Å². The van der Waals surface area contributed by atoms with Gasteiger partial charge in [-0.25, -0.2) is 9.48 Å². The minimum Gasteiger partial charge on any atom is -0.494 e. The Bertz CT molecular complexity index is 618. The van der Waals surface area contributed by atoms with Crippen molar-refractivity contribution in [3.05, 3.63) is 46.6 Å². The molecule has 0 aliphatic carbocycles. The molecule has 3 rings (SSSR count). The lowest BCUT2D eigenvalue weighted by atomic mass is 10.3. The topological polar surface area (TPSA) is 61.1 Å². The summed E-state index contributed by atoms with van der Waals surface area (Å²) in [4.78, 5) is 12.1. The van der Waals surface area contributed by atoms with Gasteiger partial charge < -0.3 is 10.1 Å². The van der Waals surface area contributed by atoms with Crippen LogP contribution < -0.4 is 15.7 Å². The number of para-hydroxylation sites is 1. The zero-order valence-corrected chi connectivity index (χ0v) is 11.3. The van der Waals surface area contributed by atoms with Crippen molar-refractivity contribution in [1.82, 2.24) is 19.7 Å². The first-order valence-electron chi connectivity index (χ1n) is 6.90. The highest BCUT2D eigenvalue weighted by atomic mass is 16.5. The SMILES string of the molecule is O=c1n(CCCOc2ccccc2)nc2n1CCNC2. The lowest BCUT2D eigenvalue weighted by Crippen LogP contribution is -2.34. The number of hydrogen-bond donors (Lipinski definition) is 1. The van der Waals surface area contributed by atoms with Crippen molar-refractivity contribution in [3.63, 3.8) is 0 Å². The van der Waals surface area contributed by atoms with Gasteiger partial charge in [0.25, 0.3) is 0 Å². The summed E-state index contributed by atoms with van der Waals surface area (Å²) in [5, 5.41) is 7.55. The number of fused-ring (bicyclic) bond motifs is 1. The Morgan fingerprint density at radius 2 is 2.15 bits per heavy atom. The predicted molar refractivity (Wildman–Crippen MR) is 74.7 cm³/mol. The van der Waals surface area contributed by atoms with Crippen molar-refractivity contribution in [3.8, 4) is 5.75 Å². The minimum atomic E-state index is -0.0128. The van der Waals surface area contributed by atoms with Crippen molar-refractivity contribution >= 4 is 0 Å². The van der Waals surface area contributed by atoms with Crippen molar-refractivity contribution in [2.45, 2.75) is 26.1 Å². The summed E-state index contributed by atoms with van der Waals surface area (Å²) in [5.74, 6) is 1.68. The molecule has 0 unspecified atom stereocenters. The molecule has 0 amide bonds. The Morgan fingerprint density at radius 1 is 1.30 bits per heavy atom. The third kappa shape index (κ3) is 2.75. The van der Waals surface area contributed by atoms with E-state index in [1.165, 1.54) is 4.68 Å². The fourth-order valence-electron chi connectivity index (χ4n) is 2.30. The molecular formula is C14H18N4O2. The second kappa shape index (κ2) is 5.92. The van der Waals surface area contributed by atoms with Gasteiger partial charge in [-0.05, 0) is 12.1 Å². The standard InChI is InChI=1S/C14H18N4O2/c19-14-17-9-7-15-11-13(17)16-18(14)8-4-10-20-12-5-2-1-3-6-12/h1-3,5-6,15H,4,7-11H2. The molecule has 0 spiro atoms. The van der Waals surface area contributed by atoms with Crippen molar-refractivity contribution in [2.24, 2.45) is 0 Å². The average molecular weight is 274 g/mol. The van der Waals surface area contributed by atoms with E-state index in [0.29, 0.717) is 26.2 Å². The number of ether oxygens (including phenoxy) is 1. The van der Waals surface area contributed by atoms with Crippen LogP contribution in [0.2, 0.25) is 0 Å². The van der Waals surface area contributed by atoms with E-state index in [-0.39, 0.29) is 5.69 Å². The molecule has 1 N–H and O–H groups in total. The lowest BCUT2D eigenvalue weighted by molar-refractivity contribution is 0.297. The highest BCUT2D eigenvalue weighted by molar-refractivity contribution is 5.20. The summed E-state index contributed by atoms with van der Waals surface area (Å²) >= 11 is 0. The van der Waals surface area contributed by atoms with Gasteiger partial charge in [0.1, 0.15) is 11.6 Å². The highest BCUT2D eigenvalue weighted by Gasteiger charge is 2.15. The molecule has 6 heteroatoms. The van der Waals surface area contributed by atoms with Crippen LogP contribution in [-0.2, 0) is 19.6 Å². The first-order valence-corrected chi connectivity index (χ1v) is 6.90. The summed E-state index contributed by atoms with van der Waals surface area (Å²) in [6.45, 7) is 3.37. The largest absolute Gasteiger partial charge is 0.494 e. The van der Waals surface area contributed by atoms with Crippen molar-refractivity contribution in [2.75, 3.05) is 13.2 Å². The van der Waals surface area contributed by atoms with E-state index < -0.39 is 0 Å². The van der Waals surface area contributed by atoms with Crippen LogP contribution in [0.4, 0.5) is 0 Å². The summed E-state index contributed by atoms with van der Waals surface area (Å²) in [6, 6.07) is 9.68. The first-order chi connectivity index (χ1) is 9.84. The molecule has 2 aromatic rings. The Hall–Kier alpha value is -2.08. The Morgan fingerprint density at radius 3 is 2.95 bits per heavy atom. The first kappa shape index (κ1) is 12.9. The number of aryl methyl sites for hydroxylation is 1. The van der Waals surface area contributed by atoms with Gasteiger partial charge in [-0.15, -0.1) is 0 Å². The van der Waals surface area contributed by atoms with E-state index >= 15 is 0 Å². The highest BCUT2D eigenvalue weighted by Crippen LogP contribution is 2.08. The Labute approximate surface area is 117 Å². The fourth-order valence-corrected chi connectivity index (χ4v) is 2.30. The molecule has 1 aliphatic rings. The molecule has 1 aromatic heterocycles. The van der Waals surface area contributed by atoms with Gasteiger partial charge in [0.2, 0.25) is 0 Å². The molecule has 0 atom stereocenters. The monoisotopic (exact) mass is 274 g/mol. The van der Waals surface area contributed by atoms with Gasteiger partial charge in [0, 0.05) is 26.1 Å². The smallest absolute Gasteiger partial charge is 0.345 e. The maximum absolute atomic E-state index is 12.1. The van der Waals surface area contributed by atoms with Crippen LogP contribution in [0.1, 0.15) is 12.2 Å². The van der Waals surface area contributed by atoms with Crippen molar-refractivity contribution < 1.29 is 4.74 Å². The molecule has 6 nitrogen and oxygen atoms in total. The van der Waals surface area contributed by atoms with Crippen LogP contribution in [-0.4, -0.2) is 27.5 Å². The number of nitrogens with zero attached hydrogens (tertiary/aromatic N) is 3. The van der Waals surface area contributed by atoms with E-state index in [2.05, 4.69) is 10.4 Å². The van der Waals surface area contributed by atoms with Gasteiger partial charge in [0.15, 0.2) is 0 Å². The van der Waals surface area contributed by atoms with Gasteiger partial charge in [-0.1, -0.05) is 18.2 Å². The molecule has 1 aromatic carbocycles. The lowest BCUT2D eigenvalue weighted by Gasteiger charge is -2.11. The third-order valence-electron chi connectivity index (χ3n) is 3.32.